The average molecular weight is 388 g/mol. The maximum Gasteiger partial charge on any atom is 0.250 e. The number of thioether (sulfide) groups is 1. The van der Waals surface area contributed by atoms with Crippen LogP contribution in [0, 0.1) is 5.82 Å². The molecule has 0 fully saturated rings. The summed E-state index contributed by atoms with van der Waals surface area (Å²) in [5, 5.41) is 2.84. The lowest BCUT2D eigenvalue weighted by molar-refractivity contribution is -0.125. The van der Waals surface area contributed by atoms with Crippen LogP contribution in [0.15, 0.2) is 42.5 Å². The van der Waals surface area contributed by atoms with Gasteiger partial charge in [-0.05, 0) is 44.2 Å². The fraction of sp³-hybridized carbons (Fsp3) is 0.300. The van der Waals surface area contributed by atoms with Gasteiger partial charge in [0.1, 0.15) is 17.1 Å². The van der Waals surface area contributed by atoms with Gasteiger partial charge < -0.3 is 10.1 Å². The molecule has 0 atom stereocenters. The molecule has 1 aliphatic rings. The van der Waals surface area contributed by atoms with Crippen molar-refractivity contribution < 1.29 is 18.7 Å². The molecular weight excluding hydrogens is 367 g/mol. The van der Waals surface area contributed by atoms with Crippen molar-refractivity contribution in [2.45, 2.75) is 25.1 Å². The fourth-order valence-electron chi connectivity index (χ4n) is 3.07. The van der Waals surface area contributed by atoms with Gasteiger partial charge in [-0.25, -0.2) is 4.39 Å². The van der Waals surface area contributed by atoms with E-state index >= 15 is 0 Å². The Morgan fingerprint density at radius 1 is 1.26 bits per heavy atom. The van der Waals surface area contributed by atoms with Crippen LogP contribution in [0.3, 0.4) is 0 Å². The van der Waals surface area contributed by atoms with Crippen molar-refractivity contribution in [1.82, 2.24) is 0 Å². The van der Waals surface area contributed by atoms with E-state index in [1.165, 1.54) is 35.9 Å². The number of nitrogens with one attached hydrogen (secondary N) is 1. The number of fused-ring (bicyclic) bond motifs is 1. The second-order valence-corrected chi connectivity index (χ2v) is 7.69. The molecule has 3 rings (SSSR count). The Bertz CT molecular complexity index is 885. The minimum Gasteiger partial charge on any atom is -0.496 e. The van der Waals surface area contributed by atoms with Crippen LogP contribution in [0.4, 0.5) is 15.8 Å². The maximum absolute atomic E-state index is 13.5. The molecule has 5 nitrogen and oxygen atoms in total. The minimum atomic E-state index is -0.997. The van der Waals surface area contributed by atoms with Crippen LogP contribution in [0.5, 0.6) is 5.75 Å². The number of hydrogen-bond donors (Lipinski definition) is 1. The Labute approximate surface area is 161 Å². The molecule has 7 heteroatoms. The summed E-state index contributed by atoms with van der Waals surface area (Å²) in [6.45, 7) is 3.44. The van der Waals surface area contributed by atoms with Crippen LogP contribution in [0.25, 0.3) is 0 Å². The molecule has 0 saturated heterocycles. The molecule has 0 aliphatic carbocycles. The molecule has 0 saturated carbocycles. The number of anilines is 2. The topological polar surface area (TPSA) is 58.6 Å². The predicted octanol–water partition coefficient (Wildman–Crippen LogP) is 3.83. The third kappa shape index (κ3) is 3.78. The Morgan fingerprint density at radius 2 is 2.00 bits per heavy atom. The highest BCUT2D eigenvalue weighted by Crippen LogP contribution is 2.37. The highest BCUT2D eigenvalue weighted by atomic mass is 32.2. The largest absolute Gasteiger partial charge is 0.496 e. The van der Waals surface area contributed by atoms with E-state index in [2.05, 4.69) is 5.32 Å². The van der Waals surface area contributed by atoms with Crippen LogP contribution >= 0.6 is 11.8 Å². The monoisotopic (exact) mass is 388 g/mol. The molecule has 2 aromatic carbocycles. The summed E-state index contributed by atoms with van der Waals surface area (Å²) in [6, 6.07) is 11.5. The lowest BCUT2D eigenvalue weighted by Gasteiger charge is -2.42. The van der Waals surface area contributed by atoms with Crippen LogP contribution in [0.2, 0.25) is 0 Å². The van der Waals surface area contributed by atoms with Crippen LogP contribution in [0.1, 0.15) is 19.4 Å². The van der Waals surface area contributed by atoms with Gasteiger partial charge in [-0.2, -0.15) is 0 Å². The van der Waals surface area contributed by atoms with Gasteiger partial charge in [0.15, 0.2) is 0 Å². The van der Waals surface area contributed by atoms with Gasteiger partial charge in [0.25, 0.3) is 0 Å². The van der Waals surface area contributed by atoms with E-state index in [0.717, 1.165) is 0 Å². The lowest BCUT2D eigenvalue weighted by Crippen LogP contribution is -2.58. The Balaban J connectivity index is 1.76. The molecule has 1 aliphatic heterocycles. The van der Waals surface area contributed by atoms with Crippen molar-refractivity contribution in [3.8, 4) is 5.75 Å². The number of amides is 2. The second kappa shape index (κ2) is 7.60. The van der Waals surface area contributed by atoms with E-state index in [4.69, 9.17) is 4.74 Å². The van der Waals surface area contributed by atoms with Crippen molar-refractivity contribution in [3.05, 3.63) is 53.8 Å². The van der Waals surface area contributed by atoms with Crippen LogP contribution in [-0.4, -0.2) is 30.2 Å². The smallest absolute Gasteiger partial charge is 0.250 e. The number of rotatable bonds is 5. The second-order valence-electron chi connectivity index (χ2n) is 6.71. The molecule has 0 unspecified atom stereocenters. The number of carbonyl (C=O) groups is 2. The predicted molar refractivity (Wildman–Crippen MR) is 106 cm³/mol. The minimum absolute atomic E-state index is 0.157. The van der Waals surface area contributed by atoms with E-state index in [0.29, 0.717) is 28.4 Å². The average Bonchev–Trinajstić information content (AvgIpc) is 2.62. The number of benzene rings is 2. The number of halogens is 1. The zero-order valence-electron chi connectivity index (χ0n) is 15.4. The van der Waals surface area contributed by atoms with E-state index in [-0.39, 0.29) is 23.4 Å². The zero-order chi connectivity index (χ0) is 19.6. The van der Waals surface area contributed by atoms with Gasteiger partial charge in [0, 0.05) is 11.3 Å². The van der Waals surface area contributed by atoms with Gasteiger partial charge >= 0.3 is 0 Å². The van der Waals surface area contributed by atoms with Gasteiger partial charge in [-0.1, -0.05) is 12.1 Å². The highest BCUT2D eigenvalue weighted by Gasteiger charge is 2.43. The van der Waals surface area contributed by atoms with Crippen molar-refractivity contribution >= 4 is 35.0 Å². The van der Waals surface area contributed by atoms with Gasteiger partial charge in [-0.3, -0.25) is 14.5 Å². The Kier molecular flexibility index (Phi) is 5.41. The molecule has 27 heavy (non-hydrogen) atoms. The maximum atomic E-state index is 13.5. The Hall–Kier alpha value is -2.54. The van der Waals surface area contributed by atoms with E-state index in [9.17, 15) is 14.0 Å². The van der Waals surface area contributed by atoms with E-state index in [1.54, 1.807) is 26.0 Å². The molecule has 2 aromatic rings. The first-order chi connectivity index (χ1) is 12.8. The third-order valence-electron chi connectivity index (χ3n) is 4.48. The standard InChI is InChI=1S/C20H21FN2O3S/c1-20(2)19(25)22-15-6-4-5-7-16(15)23(20)18(24)12-27-11-13-10-14(21)8-9-17(13)26-3/h4-10H,11-12H2,1-3H3,(H,22,25). The summed E-state index contributed by atoms with van der Waals surface area (Å²) in [6.07, 6.45) is 0. The van der Waals surface area contributed by atoms with Crippen molar-refractivity contribution in [1.29, 1.82) is 0 Å². The SMILES string of the molecule is COc1ccc(F)cc1CSCC(=O)N1c2ccccc2NC(=O)C1(C)C. The Morgan fingerprint density at radius 3 is 2.74 bits per heavy atom. The molecule has 0 aromatic heterocycles. The third-order valence-corrected chi connectivity index (χ3v) is 5.45. The fourth-order valence-corrected chi connectivity index (χ4v) is 3.92. The first-order valence-electron chi connectivity index (χ1n) is 8.48. The van der Waals surface area contributed by atoms with Crippen molar-refractivity contribution in [3.63, 3.8) is 0 Å². The van der Waals surface area contributed by atoms with Gasteiger partial charge in [0.05, 0.1) is 24.2 Å². The quantitative estimate of drug-likeness (QED) is 0.846. The lowest BCUT2D eigenvalue weighted by atomic mass is 9.96. The highest BCUT2D eigenvalue weighted by molar-refractivity contribution is 7.99. The number of para-hydroxylation sites is 2. The van der Waals surface area contributed by atoms with Crippen LogP contribution < -0.4 is 15.0 Å². The summed E-state index contributed by atoms with van der Waals surface area (Å²) < 4.78 is 18.7. The summed E-state index contributed by atoms with van der Waals surface area (Å²) in [5.74, 6) is 0.411. The zero-order valence-corrected chi connectivity index (χ0v) is 16.2. The molecule has 1 N–H and O–H groups in total. The number of carbonyl (C=O) groups excluding carboxylic acids is 2. The van der Waals surface area contributed by atoms with Gasteiger partial charge in [0.2, 0.25) is 11.8 Å². The van der Waals surface area contributed by atoms with Crippen LogP contribution in [-0.2, 0) is 15.3 Å². The summed E-state index contributed by atoms with van der Waals surface area (Å²) in [7, 11) is 1.53. The molecule has 0 spiro atoms. The summed E-state index contributed by atoms with van der Waals surface area (Å²) >= 11 is 1.35. The normalized spacial score (nSPS) is 15.1. The molecule has 0 bridgehead atoms. The first-order valence-corrected chi connectivity index (χ1v) is 9.63. The molecule has 2 amide bonds. The molecular formula is C20H21FN2O3S. The van der Waals surface area contributed by atoms with Crippen molar-refractivity contribution in [2.24, 2.45) is 0 Å². The summed E-state index contributed by atoms with van der Waals surface area (Å²) in [4.78, 5) is 26.9. The number of ether oxygens (including phenoxy) is 1. The molecule has 0 radical (unpaired) electrons. The first kappa shape index (κ1) is 19.2. The van der Waals surface area contributed by atoms with Gasteiger partial charge in [-0.15, -0.1) is 11.8 Å². The molecule has 142 valence electrons. The number of methoxy groups -OCH3 is 1. The summed E-state index contributed by atoms with van der Waals surface area (Å²) in [5.41, 5.74) is 0.983. The van der Waals surface area contributed by atoms with E-state index in [1.807, 2.05) is 18.2 Å². The van der Waals surface area contributed by atoms with E-state index < -0.39 is 5.54 Å². The number of hydrogen-bond acceptors (Lipinski definition) is 4. The number of nitrogens with zero attached hydrogens (tertiary/aromatic N) is 1. The van der Waals surface area contributed by atoms with Crippen molar-refractivity contribution in [2.75, 3.05) is 23.1 Å². The molecule has 1 heterocycles.